The van der Waals surface area contributed by atoms with E-state index in [2.05, 4.69) is 53.0 Å². The van der Waals surface area contributed by atoms with E-state index in [1.165, 1.54) is 16.8 Å². The molecule has 0 saturated carbocycles. The van der Waals surface area contributed by atoms with Gasteiger partial charge in [-0.05, 0) is 37.1 Å². The highest BCUT2D eigenvalue weighted by atomic mass is 79.9. The van der Waals surface area contributed by atoms with E-state index in [0.29, 0.717) is 0 Å². The van der Waals surface area contributed by atoms with Crippen molar-refractivity contribution in [3.05, 3.63) is 29.3 Å². The minimum Gasteiger partial charge on any atom is -0.380 e. The lowest BCUT2D eigenvalue weighted by Gasteiger charge is -2.20. The van der Waals surface area contributed by atoms with Crippen LogP contribution in [0.4, 0.5) is 5.69 Å². The van der Waals surface area contributed by atoms with E-state index in [-0.39, 0.29) is 0 Å². The van der Waals surface area contributed by atoms with Crippen LogP contribution in [0.1, 0.15) is 18.1 Å². The zero-order valence-electron chi connectivity index (χ0n) is 10.3. The number of alkyl halides is 1. The van der Waals surface area contributed by atoms with Gasteiger partial charge >= 0.3 is 0 Å². The van der Waals surface area contributed by atoms with E-state index in [1.54, 1.807) is 0 Å². The zero-order chi connectivity index (χ0) is 12.0. The van der Waals surface area contributed by atoms with Crippen molar-refractivity contribution in [3.8, 4) is 0 Å². The Balaban J connectivity index is 2.62. The van der Waals surface area contributed by atoms with Gasteiger partial charge in [-0.3, -0.25) is 0 Å². The van der Waals surface area contributed by atoms with Crippen molar-refractivity contribution < 1.29 is 4.74 Å². The second kappa shape index (κ2) is 6.92. The summed E-state index contributed by atoms with van der Waals surface area (Å²) in [5, 5.41) is 0.918. The number of aryl methyl sites for hydroxylation is 1. The lowest BCUT2D eigenvalue weighted by Crippen LogP contribution is -2.22. The van der Waals surface area contributed by atoms with Gasteiger partial charge < -0.3 is 9.64 Å². The summed E-state index contributed by atoms with van der Waals surface area (Å²) in [6.45, 7) is 6.67. The number of likely N-dealkylation sites (N-methyl/N-ethyl adjacent to an activating group) is 1. The average Bonchev–Trinajstić information content (AvgIpc) is 2.29. The first-order valence-corrected chi connectivity index (χ1v) is 6.75. The predicted octanol–water partition coefficient (Wildman–Crippen LogP) is 3.36. The number of halogens is 1. The van der Waals surface area contributed by atoms with Crippen molar-refractivity contribution in [2.75, 3.05) is 31.7 Å². The van der Waals surface area contributed by atoms with E-state index in [0.717, 1.165) is 25.1 Å². The van der Waals surface area contributed by atoms with Crippen molar-refractivity contribution in [1.82, 2.24) is 0 Å². The lowest BCUT2D eigenvalue weighted by atomic mass is 10.1. The van der Waals surface area contributed by atoms with Gasteiger partial charge in [-0.15, -0.1) is 0 Å². The second-order valence-electron chi connectivity index (χ2n) is 3.86. The van der Waals surface area contributed by atoms with E-state index in [1.807, 2.05) is 6.92 Å². The molecule has 1 rings (SSSR count). The summed E-state index contributed by atoms with van der Waals surface area (Å²) in [5.41, 5.74) is 3.93. The molecule has 0 spiro atoms. The van der Waals surface area contributed by atoms with Crippen molar-refractivity contribution in [1.29, 1.82) is 0 Å². The molecular weight excluding hydrogens is 266 g/mol. The van der Waals surface area contributed by atoms with Crippen molar-refractivity contribution in [2.24, 2.45) is 0 Å². The number of benzene rings is 1. The molecule has 0 saturated heterocycles. The molecule has 90 valence electrons. The molecule has 3 heteroatoms. The van der Waals surface area contributed by atoms with Crippen LogP contribution in [0.3, 0.4) is 0 Å². The van der Waals surface area contributed by atoms with Gasteiger partial charge in [0.1, 0.15) is 0 Å². The molecule has 0 bridgehead atoms. The average molecular weight is 286 g/mol. The quantitative estimate of drug-likeness (QED) is 0.587. The van der Waals surface area contributed by atoms with Crippen LogP contribution in [-0.2, 0) is 10.1 Å². The van der Waals surface area contributed by atoms with E-state index < -0.39 is 0 Å². The van der Waals surface area contributed by atoms with Gasteiger partial charge in [-0.1, -0.05) is 22.0 Å². The fourth-order valence-corrected chi connectivity index (χ4v) is 2.17. The molecular formula is C13H20BrNO. The summed E-state index contributed by atoms with van der Waals surface area (Å²) in [7, 11) is 2.10. The number of anilines is 1. The molecule has 0 atom stereocenters. The Kier molecular flexibility index (Phi) is 5.85. The third kappa shape index (κ3) is 3.80. The summed E-state index contributed by atoms with van der Waals surface area (Å²) < 4.78 is 5.35. The fourth-order valence-electron chi connectivity index (χ4n) is 1.54. The monoisotopic (exact) mass is 285 g/mol. The first-order valence-electron chi connectivity index (χ1n) is 5.63. The molecule has 0 heterocycles. The Morgan fingerprint density at radius 3 is 2.69 bits per heavy atom. The first-order chi connectivity index (χ1) is 7.69. The molecule has 0 fully saturated rings. The van der Waals surface area contributed by atoms with Gasteiger partial charge in [-0.2, -0.15) is 0 Å². The molecule has 2 nitrogen and oxygen atoms in total. The Morgan fingerprint density at radius 1 is 1.38 bits per heavy atom. The van der Waals surface area contributed by atoms with Gasteiger partial charge in [0, 0.05) is 31.2 Å². The van der Waals surface area contributed by atoms with Crippen LogP contribution in [0.5, 0.6) is 0 Å². The summed E-state index contributed by atoms with van der Waals surface area (Å²) in [6, 6.07) is 6.56. The van der Waals surface area contributed by atoms with Crippen LogP contribution in [0.15, 0.2) is 18.2 Å². The van der Waals surface area contributed by atoms with Gasteiger partial charge in [0.2, 0.25) is 0 Å². The largest absolute Gasteiger partial charge is 0.380 e. The lowest BCUT2D eigenvalue weighted by molar-refractivity contribution is 0.154. The van der Waals surface area contributed by atoms with Crippen molar-refractivity contribution >= 4 is 21.6 Å². The molecule has 0 radical (unpaired) electrons. The molecule has 1 aromatic rings. The maximum atomic E-state index is 5.35. The highest BCUT2D eigenvalue weighted by molar-refractivity contribution is 9.08. The summed E-state index contributed by atoms with van der Waals surface area (Å²) >= 11 is 3.49. The first kappa shape index (κ1) is 13.5. The highest BCUT2D eigenvalue weighted by Gasteiger charge is 2.03. The minimum absolute atomic E-state index is 0.784. The minimum atomic E-state index is 0.784. The number of ether oxygens (including phenoxy) is 1. The van der Waals surface area contributed by atoms with Gasteiger partial charge in [-0.25, -0.2) is 0 Å². The third-order valence-corrected chi connectivity index (χ3v) is 3.29. The smallest absolute Gasteiger partial charge is 0.0641 e. The third-order valence-electron chi connectivity index (χ3n) is 2.69. The fraction of sp³-hybridized carbons (Fsp3) is 0.538. The molecule has 0 aliphatic carbocycles. The highest BCUT2D eigenvalue weighted by Crippen LogP contribution is 2.19. The van der Waals surface area contributed by atoms with Crippen LogP contribution in [-0.4, -0.2) is 26.8 Å². The molecule has 0 aromatic heterocycles. The molecule has 0 amide bonds. The van der Waals surface area contributed by atoms with Crippen LogP contribution >= 0.6 is 15.9 Å². The van der Waals surface area contributed by atoms with E-state index in [9.17, 15) is 0 Å². The van der Waals surface area contributed by atoms with Crippen LogP contribution in [0.25, 0.3) is 0 Å². The predicted molar refractivity (Wildman–Crippen MR) is 73.6 cm³/mol. The van der Waals surface area contributed by atoms with Gasteiger partial charge in [0.15, 0.2) is 0 Å². The Bertz CT molecular complexity index is 328. The van der Waals surface area contributed by atoms with Crippen molar-refractivity contribution in [2.45, 2.75) is 19.2 Å². The summed E-state index contributed by atoms with van der Waals surface area (Å²) in [4.78, 5) is 2.22. The molecule has 0 N–H and O–H groups in total. The zero-order valence-corrected chi connectivity index (χ0v) is 11.9. The topological polar surface area (TPSA) is 12.5 Å². The Morgan fingerprint density at radius 2 is 2.12 bits per heavy atom. The number of rotatable bonds is 6. The standard InChI is InChI=1S/C13H20BrNO/c1-4-16-8-7-15(3)13-6-5-12(10-14)11(2)9-13/h5-6,9H,4,7-8,10H2,1-3H3. The van der Waals surface area contributed by atoms with Gasteiger partial charge in [0.25, 0.3) is 0 Å². The van der Waals surface area contributed by atoms with Crippen molar-refractivity contribution in [3.63, 3.8) is 0 Å². The molecule has 0 unspecified atom stereocenters. The Hall–Kier alpha value is -0.540. The maximum Gasteiger partial charge on any atom is 0.0641 e. The van der Waals surface area contributed by atoms with Crippen LogP contribution in [0, 0.1) is 6.92 Å². The maximum absolute atomic E-state index is 5.35. The number of hydrogen-bond acceptors (Lipinski definition) is 2. The van der Waals surface area contributed by atoms with E-state index in [4.69, 9.17) is 4.74 Å². The summed E-state index contributed by atoms with van der Waals surface area (Å²) in [5.74, 6) is 0. The number of nitrogens with zero attached hydrogens (tertiary/aromatic N) is 1. The van der Waals surface area contributed by atoms with E-state index >= 15 is 0 Å². The van der Waals surface area contributed by atoms with Crippen LogP contribution < -0.4 is 4.90 Å². The molecule has 0 aliphatic rings. The van der Waals surface area contributed by atoms with Crippen LogP contribution in [0.2, 0.25) is 0 Å². The molecule has 0 aliphatic heterocycles. The second-order valence-corrected chi connectivity index (χ2v) is 4.42. The molecule has 16 heavy (non-hydrogen) atoms. The molecule has 1 aromatic carbocycles. The number of hydrogen-bond donors (Lipinski definition) is 0. The normalized spacial score (nSPS) is 10.5. The van der Waals surface area contributed by atoms with Gasteiger partial charge in [0.05, 0.1) is 6.61 Å². The summed E-state index contributed by atoms with van der Waals surface area (Å²) in [6.07, 6.45) is 0. The SMILES string of the molecule is CCOCCN(C)c1ccc(CBr)c(C)c1. The Labute approximate surface area is 107 Å².